The normalized spacial score (nSPS) is 26.0. The molecule has 8 unspecified atom stereocenters. The van der Waals surface area contributed by atoms with Crippen molar-refractivity contribution in [1.29, 1.82) is 0 Å². The maximum Gasteiger partial charge on any atom is 0.186 e. The fourth-order valence-corrected chi connectivity index (χ4v) is 3.71. The van der Waals surface area contributed by atoms with Gasteiger partial charge in [-0.15, -0.1) is 5.10 Å². The van der Waals surface area contributed by atoms with Crippen molar-refractivity contribution in [2.24, 2.45) is 11.8 Å². The molecule has 8 atom stereocenters. The minimum absolute atomic E-state index is 0. The van der Waals surface area contributed by atoms with Crippen LogP contribution in [0.4, 0.5) is 0 Å². The van der Waals surface area contributed by atoms with Gasteiger partial charge in [0.2, 0.25) is 0 Å². The number of aliphatic hydroxyl groups excluding tert-OH is 6. The Morgan fingerprint density at radius 3 is 1.84 bits per heavy atom. The summed E-state index contributed by atoms with van der Waals surface area (Å²) in [5, 5.41) is 141. The summed E-state index contributed by atoms with van der Waals surface area (Å²) in [5.74, 6) is 0.0673. The van der Waals surface area contributed by atoms with Gasteiger partial charge in [0.05, 0.1) is 32.1 Å². The van der Waals surface area contributed by atoms with Gasteiger partial charge in [-0.1, -0.05) is 17.7 Å². The zero-order valence-corrected chi connectivity index (χ0v) is 22.4. The summed E-state index contributed by atoms with van der Waals surface area (Å²) < 4.78 is 17.8. The summed E-state index contributed by atoms with van der Waals surface area (Å²) in [6, 6.07) is 0. The van der Waals surface area contributed by atoms with Gasteiger partial charge in [-0.2, -0.15) is 0 Å². The van der Waals surface area contributed by atoms with Gasteiger partial charge in [-0.05, 0) is 18.8 Å². The lowest BCUT2D eigenvalue weighted by atomic mass is 9.71. The molecule has 0 amide bonds. The summed E-state index contributed by atoms with van der Waals surface area (Å²) in [7, 11) is 0. The third-order valence-electron chi connectivity index (χ3n) is 5.68. The van der Waals surface area contributed by atoms with E-state index in [1.54, 1.807) is 10.9 Å². The second-order valence-electron chi connectivity index (χ2n) is 7.90. The van der Waals surface area contributed by atoms with Gasteiger partial charge in [-0.3, -0.25) is 57.3 Å². The van der Waals surface area contributed by atoms with E-state index in [-0.39, 0.29) is 39.1 Å². The standard InChI is InChI=1S/C18H31N3O9.CH4.H2O3.5H2O2/c22-7-10-4-13(24)12(10)6-21-5-11(19-20-21)9-28-2-1-3-29-18-17(27)16(26)15(25)14(8-23)30-18;;1-3-2;5*1-2/h5,10,12-18,22-27H,1-4,6-9H2;1H4;1-2H;5*1-2H. The molecule has 1 aromatic rings. The Hall–Kier alpha value is -1.74. The van der Waals surface area contributed by atoms with Crippen LogP contribution >= 0.6 is 0 Å². The number of hydrogen-bond donors (Lipinski definition) is 18. The van der Waals surface area contributed by atoms with Crippen LogP contribution in [0, 0.1) is 11.8 Å². The minimum Gasteiger partial charge on any atom is -0.396 e. The zero-order chi connectivity index (χ0) is 34.4. The Kier molecular flexibility index (Phi) is 42.1. The summed E-state index contributed by atoms with van der Waals surface area (Å²) in [4.78, 5) is 0. The number of aliphatic hydroxyl groups is 6. The van der Waals surface area contributed by atoms with Crippen molar-refractivity contribution in [2.45, 2.75) is 70.2 Å². The smallest absolute Gasteiger partial charge is 0.186 e. The van der Waals surface area contributed by atoms with Gasteiger partial charge in [0.25, 0.3) is 0 Å². The van der Waals surface area contributed by atoms with Crippen molar-refractivity contribution in [3.05, 3.63) is 11.9 Å². The van der Waals surface area contributed by atoms with Crippen LogP contribution in [0.1, 0.15) is 26.0 Å². The molecule has 44 heavy (non-hydrogen) atoms. The maximum atomic E-state index is 9.89. The summed E-state index contributed by atoms with van der Waals surface area (Å²) >= 11 is 0. The second-order valence-corrected chi connectivity index (χ2v) is 7.90. The van der Waals surface area contributed by atoms with Crippen LogP contribution in [-0.2, 0) is 32.4 Å². The number of ether oxygens (including phenoxy) is 3. The lowest BCUT2D eigenvalue weighted by Gasteiger charge is -2.40. The summed E-state index contributed by atoms with van der Waals surface area (Å²) in [5.41, 5.74) is 0.638. The Labute approximate surface area is 249 Å². The molecule has 0 spiro atoms. The fourth-order valence-electron chi connectivity index (χ4n) is 3.71. The molecule has 1 aliphatic carbocycles. The average molecular weight is 670 g/mol. The Morgan fingerprint density at radius 1 is 0.818 bits per heavy atom. The predicted molar refractivity (Wildman–Crippen MR) is 138 cm³/mol. The second kappa shape index (κ2) is 35.7. The molecule has 25 heteroatoms. The quantitative estimate of drug-likeness (QED) is 0.0666. The minimum atomic E-state index is -1.46. The molecule has 1 saturated carbocycles. The lowest BCUT2D eigenvalue weighted by Crippen LogP contribution is -2.59. The number of rotatable bonds is 11. The Bertz CT molecular complexity index is 678. The van der Waals surface area contributed by atoms with Gasteiger partial charge < -0.3 is 44.8 Å². The van der Waals surface area contributed by atoms with Crippen molar-refractivity contribution in [3.63, 3.8) is 0 Å². The van der Waals surface area contributed by atoms with E-state index in [1.807, 2.05) is 0 Å². The average Bonchev–Trinajstić information content (AvgIpc) is 3.52. The largest absolute Gasteiger partial charge is 0.396 e. The van der Waals surface area contributed by atoms with E-state index in [0.29, 0.717) is 31.7 Å². The van der Waals surface area contributed by atoms with E-state index in [1.165, 1.54) is 0 Å². The molecule has 2 heterocycles. The molecule has 0 bridgehead atoms. The van der Waals surface area contributed by atoms with Crippen molar-refractivity contribution in [3.8, 4) is 0 Å². The van der Waals surface area contributed by atoms with Crippen LogP contribution < -0.4 is 0 Å². The molecule has 270 valence electrons. The highest BCUT2D eigenvalue weighted by molar-refractivity contribution is 4.93. The third kappa shape index (κ3) is 19.6. The van der Waals surface area contributed by atoms with E-state index in [9.17, 15) is 25.5 Å². The number of nitrogens with zero attached hydrogens (tertiary/aromatic N) is 3. The molecule has 3 rings (SSSR count). The first-order valence-electron chi connectivity index (χ1n) is 11.5. The van der Waals surface area contributed by atoms with Crippen LogP contribution in [0.2, 0.25) is 0 Å². The number of aromatic nitrogens is 3. The van der Waals surface area contributed by atoms with Gasteiger partial charge in [0.15, 0.2) is 6.29 Å². The van der Waals surface area contributed by atoms with Crippen LogP contribution in [-0.4, -0.2) is 172 Å². The van der Waals surface area contributed by atoms with Crippen molar-refractivity contribution < 1.29 is 113 Å². The topological polar surface area (TPSA) is 432 Å². The SMILES string of the molecule is C.OCC1CC(O)C1Cn1cc(COCCCOC2OC(CO)C(O)C(O)C2O)nn1.OO.OO.OO.OO.OO.OOO. The van der Waals surface area contributed by atoms with E-state index in [0.717, 1.165) is 0 Å². The molecule has 18 N–H and O–H groups in total. The molecule has 1 aromatic heterocycles. The van der Waals surface area contributed by atoms with Gasteiger partial charge in [0.1, 0.15) is 30.1 Å². The monoisotopic (exact) mass is 669 g/mol. The highest BCUT2D eigenvalue weighted by Crippen LogP contribution is 2.35. The predicted octanol–water partition coefficient (Wildman–Crippen LogP) is -2.34. The van der Waals surface area contributed by atoms with Crippen LogP contribution in [0.5, 0.6) is 0 Å². The first-order valence-corrected chi connectivity index (χ1v) is 11.5. The van der Waals surface area contributed by atoms with Crippen LogP contribution in [0.25, 0.3) is 0 Å². The fraction of sp³-hybridized carbons (Fsp3) is 0.895. The van der Waals surface area contributed by atoms with Gasteiger partial charge in [0, 0.05) is 25.7 Å². The van der Waals surface area contributed by atoms with Gasteiger partial charge in [-0.25, -0.2) is 10.5 Å². The van der Waals surface area contributed by atoms with E-state index in [2.05, 4.69) is 15.4 Å². The lowest BCUT2D eigenvalue weighted by molar-refractivity contribution is -0.465. The number of hydrogen-bond acceptors (Lipinski definition) is 24. The Balaban J connectivity index is -0.000000319. The molecule has 0 radical (unpaired) electrons. The van der Waals surface area contributed by atoms with E-state index in [4.69, 9.17) is 82.4 Å². The summed E-state index contributed by atoms with van der Waals surface area (Å²) in [6.07, 6.45) is -4.03. The molecular formula is C19H47N3O22. The molecule has 2 fully saturated rings. The summed E-state index contributed by atoms with van der Waals surface area (Å²) in [6.45, 7) is 0.811. The molecule has 25 nitrogen and oxygen atoms in total. The Morgan fingerprint density at radius 2 is 1.36 bits per heavy atom. The zero-order valence-electron chi connectivity index (χ0n) is 22.4. The molecule has 0 aromatic carbocycles. The molecule has 1 aliphatic heterocycles. The highest BCUT2D eigenvalue weighted by atomic mass is 17.4. The van der Waals surface area contributed by atoms with Crippen LogP contribution in [0.15, 0.2) is 6.20 Å². The molecule has 1 saturated heterocycles. The van der Waals surface area contributed by atoms with Crippen molar-refractivity contribution in [1.82, 2.24) is 15.0 Å². The first kappa shape index (κ1) is 51.8. The molecular weight excluding hydrogens is 622 g/mol. The molecule has 2 aliphatic rings. The van der Waals surface area contributed by atoms with Crippen molar-refractivity contribution >= 4 is 0 Å². The van der Waals surface area contributed by atoms with Crippen LogP contribution in [0.3, 0.4) is 0 Å². The highest BCUT2D eigenvalue weighted by Gasteiger charge is 2.44. The van der Waals surface area contributed by atoms with E-state index >= 15 is 0 Å². The maximum absolute atomic E-state index is 9.89. The van der Waals surface area contributed by atoms with Crippen molar-refractivity contribution in [2.75, 3.05) is 26.4 Å². The third-order valence-corrected chi connectivity index (χ3v) is 5.68. The van der Waals surface area contributed by atoms with Gasteiger partial charge >= 0.3 is 0 Å². The van der Waals surface area contributed by atoms with E-state index < -0.39 is 43.4 Å². The first-order chi connectivity index (χ1) is 20.9.